The average molecular weight is 793 g/mol. The lowest BCUT2D eigenvalue weighted by molar-refractivity contribution is -0.698. The van der Waals surface area contributed by atoms with E-state index in [-0.39, 0.29) is 11.9 Å². The maximum atomic E-state index is 12.2. The van der Waals surface area contributed by atoms with Gasteiger partial charge in [-0.1, -0.05) is 181 Å². The molecule has 0 amide bonds. The molecule has 2 aromatic heterocycles. The van der Waals surface area contributed by atoms with Gasteiger partial charge in [-0.05, 0) is 43.2 Å². The third-order valence-corrected chi connectivity index (χ3v) is 11.5. The van der Waals surface area contributed by atoms with Gasteiger partial charge in [-0.2, -0.15) is 0 Å². The number of esters is 2. The van der Waals surface area contributed by atoms with Gasteiger partial charge in [0.1, 0.15) is 0 Å². The Balaban J connectivity index is 1.39. The van der Waals surface area contributed by atoms with Gasteiger partial charge in [0, 0.05) is 37.1 Å². The van der Waals surface area contributed by atoms with Gasteiger partial charge < -0.3 is 9.47 Å². The van der Waals surface area contributed by atoms with Crippen molar-refractivity contribution >= 4 is 11.9 Å². The molecule has 6 heteroatoms. The van der Waals surface area contributed by atoms with Crippen molar-refractivity contribution in [3.8, 4) is 0 Å². The highest BCUT2D eigenvalue weighted by molar-refractivity contribution is 5.69. The fourth-order valence-electron chi connectivity index (χ4n) is 7.71. The predicted octanol–water partition coefficient (Wildman–Crippen LogP) is 13.3. The molecule has 0 bridgehead atoms. The van der Waals surface area contributed by atoms with Crippen LogP contribution in [0.4, 0.5) is 0 Å². The molecule has 324 valence electrons. The van der Waals surface area contributed by atoms with Gasteiger partial charge in [-0.15, -0.1) is 0 Å². The van der Waals surface area contributed by atoms with Crippen molar-refractivity contribution in [3.05, 3.63) is 60.2 Å². The summed E-state index contributed by atoms with van der Waals surface area (Å²) in [5, 5.41) is 0. The molecule has 2 heterocycles. The lowest BCUT2D eigenvalue weighted by Gasteiger charge is -2.05. The molecule has 0 unspecified atom stereocenters. The Kier molecular flexibility index (Phi) is 33.2. The summed E-state index contributed by atoms with van der Waals surface area (Å²) in [6, 6.07) is 8.71. The first-order valence-corrected chi connectivity index (χ1v) is 24.4. The number of rotatable bonds is 40. The van der Waals surface area contributed by atoms with Crippen LogP contribution in [0, 0.1) is 0 Å². The quantitative estimate of drug-likeness (QED) is 0.0383. The van der Waals surface area contributed by atoms with E-state index in [0.29, 0.717) is 39.1 Å². The molecule has 0 saturated heterocycles. The summed E-state index contributed by atoms with van der Waals surface area (Å²) in [6.45, 7) is 6.79. The molecule has 0 N–H and O–H groups in total. The van der Waals surface area contributed by atoms with Crippen LogP contribution in [0.15, 0.2) is 49.1 Å². The number of carbonyl (C=O) groups is 2. The third kappa shape index (κ3) is 30.9. The van der Waals surface area contributed by atoms with E-state index in [9.17, 15) is 9.59 Å². The molecule has 0 fully saturated rings. The van der Waals surface area contributed by atoms with Crippen molar-refractivity contribution in [1.82, 2.24) is 0 Å². The third-order valence-electron chi connectivity index (χ3n) is 11.5. The summed E-state index contributed by atoms with van der Waals surface area (Å²) < 4.78 is 15.2. The minimum atomic E-state index is -0.0633. The number of aryl methyl sites for hydroxylation is 2. The largest absolute Gasteiger partial charge is 0.459 e. The summed E-state index contributed by atoms with van der Waals surface area (Å²) in [5.74, 6) is -0.127. The Morgan fingerprint density at radius 2 is 0.649 bits per heavy atom. The van der Waals surface area contributed by atoms with Crippen LogP contribution in [0.5, 0.6) is 0 Å². The van der Waals surface area contributed by atoms with Crippen LogP contribution < -0.4 is 9.13 Å². The van der Waals surface area contributed by atoms with Crippen molar-refractivity contribution < 1.29 is 28.2 Å². The zero-order valence-electron chi connectivity index (χ0n) is 37.3. The molecule has 0 radical (unpaired) electrons. The normalized spacial score (nSPS) is 11.3. The van der Waals surface area contributed by atoms with Crippen molar-refractivity contribution in [2.75, 3.05) is 13.2 Å². The Labute approximate surface area is 351 Å². The number of pyridine rings is 2. The first kappa shape index (κ1) is 50.4. The van der Waals surface area contributed by atoms with Crippen LogP contribution in [0.3, 0.4) is 0 Å². The van der Waals surface area contributed by atoms with Gasteiger partial charge >= 0.3 is 11.9 Å². The molecule has 0 aliphatic carbocycles. The molecule has 57 heavy (non-hydrogen) atoms. The summed E-state index contributed by atoms with van der Waals surface area (Å²) in [4.78, 5) is 24.4. The molecular formula is C51H88N2O4+2. The van der Waals surface area contributed by atoms with E-state index in [1.54, 1.807) is 0 Å². The molecule has 0 atom stereocenters. The second-order valence-corrected chi connectivity index (χ2v) is 16.9. The Morgan fingerprint density at radius 1 is 0.386 bits per heavy atom. The molecular weight excluding hydrogens is 705 g/mol. The summed E-state index contributed by atoms with van der Waals surface area (Å²) in [5.41, 5.74) is 2.64. The molecule has 0 spiro atoms. The van der Waals surface area contributed by atoms with E-state index in [0.717, 1.165) is 44.9 Å². The predicted molar refractivity (Wildman–Crippen MR) is 237 cm³/mol. The molecule has 0 aromatic carbocycles. The SMILES string of the molecule is CCCCCCCCCCCCCCCCC(=O)OCC[n+]1ccc(CCCc2cc[n+](CCOC(=O)CCCCCCCCCCCCCCCC)cc2)cc1. The first-order valence-electron chi connectivity index (χ1n) is 24.4. The van der Waals surface area contributed by atoms with Gasteiger partial charge in [-0.3, -0.25) is 9.59 Å². The number of aromatic nitrogens is 2. The van der Waals surface area contributed by atoms with Gasteiger partial charge in [0.25, 0.3) is 0 Å². The number of ether oxygens (including phenoxy) is 2. The van der Waals surface area contributed by atoms with E-state index in [2.05, 4.69) is 72.0 Å². The maximum Gasteiger partial charge on any atom is 0.306 e. The van der Waals surface area contributed by atoms with Crippen molar-refractivity contribution in [2.24, 2.45) is 0 Å². The number of hydrogen-bond acceptors (Lipinski definition) is 4. The second-order valence-electron chi connectivity index (χ2n) is 16.9. The lowest BCUT2D eigenvalue weighted by Crippen LogP contribution is -2.35. The van der Waals surface area contributed by atoms with Gasteiger partial charge in [0.15, 0.2) is 51.1 Å². The zero-order chi connectivity index (χ0) is 40.7. The highest BCUT2D eigenvalue weighted by Gasteiger charge is 2.09. The van der Waals surface area contributed by atoms with Gasteiger partial charge in [-0.25, -0.2) is 9.13 Å². The number of carbonyl (C=O) groups excluding carboxylic acids is 2. The van der Waals surface area contributed by atoms with Crippen molar-refractivity contribution in [1.29, 1.82) is 0 Å². The molecule has 0 aliphatic rings. The van der Waals surface area contributed by atoms with Crippen molar-refractivity contribution in [2.45, 2.75) is 239 Å². The monoisotopic (exact) mass is 793 g/mol. The highest BCUT2D eigenvalue weighted by atomic mass is 16.5. The fourth-order valence-corrected chi connectivity index (χ4v) is 7.71. The Bertz CT molecular complexity index is 1110. The Hall–Kier alpha value is -2.76. The minimum absolute atomic E-state index is 0.0633. The first-order chi connectivity index (χ1) is 28.1. The molecule has 2 rings (SSSR count). The molecule has 2 aromatic rings. The van der Waals surface area contributed by atoms with E-state index in [4.69, 9.17) is 9.47 Å². The van der Waals surface area contributed by atoms with Crippen LogP contribution >= 0.6 is 0 Å². The molecule has 0 saturated carbocycles. The smallest absolute Gasteiger partial charge is 0.306 e. The zero-order valence-corrected chi connectivity index (χ0v) is 37.3. The van der Waals surface area contributed by atoms with Gasteiger partial charge in [0.2, 0.25) is 0 Å². The van der Waals surface area contributed by atoms with E-state index in [1.165, 1.54) is 165 Å². The number of unbranched alkanes of at least 4 members (excludes halogenated alkanes) is 26. The van der Waals surface area contributed by atoms with Crippen LogP contribution in [-0.4, -0.2) is 25.2 Å². The van der Waals surface area contributed by atoms with E-state index < -0.39 is 0 Å². The maximum absolute atomic E-state index is 12.2. The number of hydrogen-bond donors (Lipinski definition) is 0. The Morgan fingerprint density at radius 3 is 0.930 bits per heavy atom. The van der Waals surface area contributed by atoms with Crippen LogP contribution in [0.25, 0.3) is 0 Å². The molecule has 6 nitrogen and oxygen atoms in total. The topological polar surface area (TPSA) is 60.4 Å². The highest BCUT2D eigenvalue weighted by Crippen LogP contribution is 2.15. The number of nitrogens with zero attached hydrogens (tertiary/aromatic N) is 2. The summed E-state index contributed by atoms with van der Waals surface area (Å²) >= 11 is 0. The standard InChI is InChI=1S/C51H88N2O4/c1-3-5-7-9-11-13-15-17-19-21-23-25-27-29-34-50(54)56-46-44-52-40-36-48(37-41-52)32-31-33-49-38-42-53(43-39-49)45-47-57-51(55)35-30-28-26-24-22-20-18-16-14-12-10-8-6-4-2/h36-43H,3-35,44-47H2,1-2H3/q+2. The van der Waals surface area contributed by atoms with E-state index in [1.807, 2.05) is 0 Å². The molecule has 0 aliphatic heterocycles. The van der Waals surface area contributed by atoms with Crippen LogP contribution in [0.1, 0.15) is 224 Å². The van der Waals surface area contributed by atoms with Crippen LogP contribution in [-0.2, 0) is 45.0 Å². The fraction of sp³-hybridized carbons (Fsp3) is 0.765. The van der Waals surface area contributed by atoms with Crippen LogP contribution in [0.2, 0.25) is 0 Å². The summed E-state index contributed by atoms with van der Waals surface area (Å²) in [7, 11) is 0. The lowest BCUT2D eigenvalue weighted by atomic mass is 10.0. The summed E-state index contributed by atoms with van der Waals surface area (Å²) in [6.07, 6.45) is 49.6. The second kappa shape index (κ2) is 37.5. The van der Waals surface area contributed by atoms with E-state index >= 15 is 0 Å². The average Bonchev–Trinajstić information content (AvgIpc) is 3.22. The van der Waals surface area contributed by atoms with Gasteiger partial charge in [0.05, 0.1) is 0 Å². The minimum Gasteiger partial charge on any atom is -0.459 e. The van der Waals surface area contributed by atoms with Crippen molar-refractivity contribution in [3.63, 3.8) is 0 Å².